The normalized spacial score (nSPS) is 12.2. The van der Waals surface area contributed by atoms with Crippen LogP contribution in [0.5, 0.6) is 0 Å². The highest BCUT2D eigenvalue weighted by molar-refractivity contribution is 5.81. The zero-order valence-corrected chi connectivity index (χ0v) is 10.2. The first-order chi connectivity index (χ1) is 7.56. The molecule has 0 aromatic heterocycles. The van der Waals surface area contributed by atoms with Crippen molar-refractivity contribution in [2.24, 2.45) is 5.73 Å². The van der Waals surface area contributed by atoms with E-state index in [-0.39, 0.29) is 5.91 Å². The summed E-state index contributed by atoms with van der Waals surface area (Å²) in [5.74, 6) is 0.00533. The number of nitrogens with zero attached hydrogens (tertiary/aromatic N) is 1. The predicted molar refractivity (Wildman–Crippen MR) is 65.9 cm³/mol. The first-order valence-electron chi connectivity index (χ1n) is 5.65. The summed E-state index contributed by atoms with van der Waals surface area (Å²) in [5, 5.41) is 0. The number of nitrogens with two attached hydrogens (primary N) is 1. The van der Waals surface area contributed by atoms with Gasteiger partial charge in [0.1, 0.15) is 0 Å². The summed E-state index contributed by atoms with van der Waals surface area (Å²) >= 11 is 0. The maximum atomic E-state index is 11.8. The van der Waals surface area contributed by atoms with E-state index in [2.05, 4.69) is 13.0 Å². The smallest absolute Gasteiger partial charge is 0.239 e. The van der Waals surface area contributed by atoms with Crippen molar-refractivity contribution in [3.05, 3.63) is 35.4 Å². The number of aryl methyl sites for hydroxylation is 1. The van der Waals surface area contributed by atoms with E-state index in [1.165, 1.54) is 11.1 Å². The third-order valence-corrected chi connectivity index (χ3v) is 2.71. The zero-order chi connectivity index (χ0) is 12.1. The standard InChI is InChI=1S/C13H20N2O/c1-4-15(13(16)11(3)14)9-12-8-6-5-7-10(12)2/h5-8,11H,4,9,14H2,1-3H3/t11-/m1/s1. The van der Waals surface area contributed by atoms with Gasteiger partial charge in [0.05, 0.1) is 6.04 Å². The molecule has 0 heterocycles. The molecule has 0 aliphatic carbocycles. The third kappa shape index (κ3) is 3.07. The maximum Gasteiger partial charge on any atom is 0.239 e. The van der Waals surface area contributed by atoms with E-state index in [0.717, 1.165) is 0 Å². The number of likely N-dealkylation sites (N-methyl/N-ethyl adjacent to an activating group) is 1. The molecule has 0 fully saturated rings. The van der Waals surface area contributed by atoms with Crippen LogP contribution in [0.3, 0.4) is 0 Å². The second-order valence-corrected chi connectivity index (χ2v) is 4.07. The minimum Gasteiger partial charge on any atom is -0.337 e. The molecule has 1 aromatic carbocycles. The van der Waals surface area contributed by atoms with Gasteiger partial charge in [-0.05, 0) is 31.9 Å². The number of carbonyl (C=O) groups is 1. The van der Waals surface area contributed by atoms with Crippen LogP contribution in [0.2, 0.25) is 0 Å². The molecule has 0 saturated heterocycles. The average Bonchev–Trinajstić information content (AvgIpc) is 2.27. The van der Waals surface area contributed by atoms with Crippen LogP contribution in [0.15, 0.2) is 24.3 Å². The van der Waals surface area contributed by atoms with Gasteiger partial charge >= 0.3 is 0 Å². The summed E-state index contributed by atoms with van der Waals surface area (Å²) in [6.07, 6.45) is 0. The lowest BCUT2D eigenvalue weighted by atomic mass is 10.1. The van der Waals surface area contributed by atoms with Gasteiger partial charge in [0, 0.05) is 13.1 Å². The Bertz CT molecular complexity index is 361. The Hall–Kier alpha value is -1.35. The van der Waals surface area contributed by atoms with Crippen molar-refractivity contribution in [3.8, 4) is 0 Å². The second kappa shape index (κ2) is 5.66. The number of benzene rings is 1. The molecular formula is C13H20N2O. The number of carbonyl (C=O) groups excluding carboxylic acids is 1. The molecule has 16 heavy (non-hydrogen) atoms. The minimum absolute atomic E-state index is 0.00533. The summed E-state index contributed by atoms with van der Waals surface area (Å²) in [7, 11) is 0. The Labute approximate surface area is 97.2 Å². The predicted octanol–water partition coefficient (Wildman–Crippen LogP) is 1.69. The fourth-order valence-electron chi connectivity index (χ4n) is 1.63. The average molecular weight is 220 g/mol. The van der Waals surface area contributed by atoms with E-state index in [1.807, 2.05) is 25.1 Å². The molecule has 1 aromatic rings. The van der Waals surface area contributed by atoms with Crippen LogP contribution in [0, 0.1) is 6.92 Å². The Balaban J connectivity index is 2.78. The maximum absolute atomic E-state index is 11.8. The molecule has 1 atom stereocenters. The van der Waals surface area contributed by atoms with E-state index < -0.39 is 6.04 Å². The summed E-state index contributed by atoms with van der Waals surface area (Å²) in [5.41, 5.74) is 8.00. The molecule has 3 heteroatoms. The number of hydrogen-bond donors (Lipinski definition) is 1. The van der Waals surface area contributed by atoms with Crippen LogP contribution in [0.4, 0.5) is 0 Å². The van der Waals surface area contributed by atoms with Gasteiger partial charge in [-0.2, -0.15) is 0 Å². The van der Waals surface area contributed by atoms with Crippen molar-refractivity contribution in [2.75, 3.05) is 6.54 Å². The van der Waals surface area contributed by atoms with Gasteiger partial charge in [0.25, 0.3) is 0 Å². The highest BCUT2D eigenvalue weighted by Crippen LogP contribution is 2.10. The Kier molecular flexibility index (Phi) is 4.50. The zero-order valence-electron chi connectivity index (χ0n) is 10.2. The van der Waals surface area contributed by atoms with Gasteiger partial charge in [0.2, 0.25) is 5.91 Å². The summed E-state index contributed by atoms with van der Waals surface area (Å²) < 4.78 is 0. The summed E-state index contributed by atoms with van der Waals surface area (Å²) in [4.78, 5) is 13.6. The monoisotopic (exact) mass is 220 g/mol. The Morgan fingerprint density at radius 3 is 2.56 bits per heavy atom. The molecule has 3 nitrogen and oxygen atoms in total. The van der Waals surface area contributed by atoms with Crippen molar-refractivity contribution in [2.45, 2.75) is 33.4 Å². The molecule has 2 N–H and O–H groups in total. The van der Waals surface area contributed by atoms with Gasteiger partial charge in [-0.25, -0.2) is 0 Å². The molecule has 0 spiro atoms. The van der Waals surface area contributed by atoms with Gasteiger partial charge in [-0.1, -0.05) is 24.3 Å². The number of rotatable bonds is 4. The lowest BCUT2D eigenvalue weighted by Gasteiger charge is -2.23. The lowest BCUT2D eigenvalue weighted by Crippen LogP contribution is -2.41. The van der Waals surface area contributed by atoms with Gasteiger partial charge in [-0.3, -0.25) is 4.79 Å². The highest BCUT2D eigenvalue weighted by Gasteiger charge is 2.16. The quantitative estimate of drug-likeness (QED) is 0.839. The second-order valence-electron chi connectivity index (χ2n) is 4.07. The van der Waals surface area contributed by atoms with Crippen LogP contribution < -0.4 is 5.73 Å². The first-order valence-corrected chi connectivity index (χ1v) is 5.65. The molecule has 0 unspecified atom stereocenters. The summed E-state index contributed by atoms with van der Waals surface area (Å²) in [6, 6.07) is 7.67. The fourth-order valence-corrected chi connectivity index (χ4v) is 1.63. The lowest BCUT2D eigenvalue weighted by molar-refractivity contribution is -0.132. The van der Waals surface area contributed by atoms with Crippen LogP contribution in [0.1, 0.15) is 25.0 Å². The molecular weight excluding hydrogens is 200 g/mol. The van der Waals surface area contributed by atoms with Crippen LogP contribution in [-0.2, 0) is 11.3 Å². The largest absolute Gasteiger partial charge is 0.337 e. The molecule has 0 aliphatic rings. The van der Waals surface area contributed by atoms with E-state index in [4.69, 9.17) is 5.73 Å². The topological polar surface area (TPSA) is 46.3 Å². The molecule has 1 rings (SSSR count). The Morgan fingerprint density at radius 1 is 1.44 bits per heavy atom. The minimum atomic E-state index is -0.427. The van der Waals surface area contributed by atoms with E-state index >= 15 is 0 Å². The van der Waals surface area contributed by atoms with E-state index in [1.54, 1.807) is 11.8 Å². The van der Waals surface area contributed by atoms with E-state index in [9.17, 15) is 4.79 Å². The van der Waals surface area contributed by atoms with Crippen molar-refractivity contribution in [1.82, 2.24) is 4.90 Å². The molecule has 1 amide bonds. The van der Waals surface area contributed by atoms with Gasteiger partial charge in [-0.15, -0.1) is 0 Å². The van der Waals surface area contributed by atoms with Crippen molar-refractivity contribution in [3.63, 3.8) is 0 Å². The van der Waals surface area contributed by atoms with Gasteiger partial charge in [0.15, 0.2) is 0 Å². The summed E-state index contributed by atoms with van der Waals surface area (Å²) in [6.45, 7) is 7.08. The molecule has 0 saturated carbocycles. The molecule has 88 valence electrons. The number of hydrogen-bond acceptors (Lipinski definition) is 2. The molecule has 0 aliphatic heterocycles. The van der Waals surface area contributed by atoms with E-state index in [0.29, 0.717) is 13.1 Å². The Morgan fingerprint density at radius 2 is 2.06 bits per heavy atom. The van der Waals surface area contributed by atoms with Crippen molar-refractivity contribution in [1.29, 1.82) is 0 Å². The fraction of sp³-hybridized carbons (Fsp3) is 0.462. The van der Waals surface area contributed by atoms with Crippen LogP contribution >= 0.6 is 0 Å². The first kappa shape index (κ1) is 12.7. The highest BCUT2D eigenvalue weighted by atomic mass is 16.2. The van der Waals surface area contributed by atoms with Gasteiger partial charge < -0.3 is 10.6 Å². The molecule has 0 bridgehead atoms. The SMILES string of the molecule is CCN(Cc1ccccc1C)C(=O)[C@@H](C)N. The van der Waals surface area contributed by atoms with Crippen molar-refractivity contribution < 1.29 is 4.79 Å². The molecule has 0 radical (unpaired) electrons. The number of amides is 1. The van der Waals surface area contributed by atoms with Crippen molar-refractivity contribution >= 4 is 5.91 Å². The van der Waals surface area contributed by atoms with Crippen LogP contribution in [-0.4, -0.2) is 23.4 Å². The van der Waals surface area contributed by atoms with Crippen LogP contribution in [0.25, 0.3) is 0 Å². The third-order valence-electron chi connectivity index (χ3n) is 2.71.